The Labute approximate surface area is 95.1 Å². The summed E-state index contributed by atoms with van der Waals surface area (Å²) in [6, 6.07) is 0.355. The maximum Gasteiger partial charge on any atom is 0.322 e. The van der Waals surface area contributed by atoms with Crippen molar-refractivity contribution in [3.8, 4) is 6.01 Å². The molecule has 16 heavy (non-hydrogen) atoms. The van der Waals surface area contributed by atoms with Gasteiger partial charge < -0.3 is 15.0 Å². The van der Waals surface area contributed by atoms with Gasteiger partial charge in [0.05, 0.1) is 7.11 Å². The Bertz CT molecular complexity index is 348. The Balaban J connectivity index is 2.25. The fraction of sp³-hybridized carbons (Fsp3) is 0.700. The van der Waals surface area contributed by atoms with Crippen molar-refractivity contribution >= 4 is 11.9 Å². The van der Waals surface area contributed by atoms with Crippen molar-refractivity contribution in [2.75, 3.05) is 37.5 Å². The van der Waals surface area contributed by atoms with Gasteiger partial charge in [0.25, 0.3) is 0 Å². The van der Waals surface area contributed by atoms with Crippen LogP contribution in [0, 0.1) is 5.92 Å². The second-order valence-electron chi connectivity index (χ2n) is 4.04. The first-order valence-electron chi connectivity index (χ1n) is 5.45. The monoisotopic (exact) mass is 223 g/mol. The molecule has 0 saturated carbocycles. The molecule has 1 aromatic heterocycles. The highest BCUT2D eigenvalue weighted by molar-refractivity contribution is 5.38. The highest BCUT2D eigenvalue weighted by atomic mass is 16.5. The van der Waals surface area contributed by atoms with Gasteiger partial charge in [-0.15, -0.1) is 0 Å². The molecule has 1 aliphatic rings. The lowest BCUT2D eigenvalue weighted by Crippen LogP contribution is -2.22. The van der Waals surface area contributed by atoms with Crippen molar-refractivity contribution in [2.45, 2.75) is 13.3 Å². The van der Waals surface area contributed by atoms with Gasteiger partial charge in [0.1, 0.15) is 0 Å². The maximum atomic E-state index is 5.05. The van der Waals surface area contributed by atoms with E-state index in [0.29, 0.717) is 23.8 Å². The summed E-state index contributed by atoms with van der Waals surface area (Å²) in [5, 5.41) is 2.91. The molecule has 0 radical (unpaired) electrons. The Morgan fingerprint density at radius 3 is 2.75 bits per heavy atom. The van der Waals surface area contributed by atoms with Gasteiger partial charge in [0.15, 0.2) is 0 Å². The van der Waals surface area contributed by atoms with E-state index in [1.165, 1.54) is 6.42 Å². The molecule has 1 atom stereocenters. The van der Waals surface area contributed by atoms with Crippen molar-refractivity contribution in [1.29, 1.82) is 0 Å². The number of hydrogen-bond acceptors (Lipinski definition) is 6. The third-order valence-electron chi connectivity index (χ3n) is 2.72. The van der Waals surface area contributed by atoms with Crippen LogP contribution in [0.15, 0.2) is 0 Å². The van der Waals surface area contributed by atoms with Crippen LogP contribution in [0.4, 0.5) is 11.9 Å². The molecule has 1 aromatic rings. The van der Waals surface area contributed by atoms with Crippen LogP contribution in [0.3, 0.4) is 0 Å². The van der Waals surface area contributed by atoms with Crippen LogP contribution in [-0.2, 0) is 0 Å². The van der Waals surface area contributed by atoms with Crippen molar-refractivity contribution in [3.63, 3.8) is 0 Å². The third-order valence-corrected chi connectivity index (χ3v) is 2.72. The van der Waals surface area contributed by atoms with Crippen molar-refractivity contribution in [2.24, 2.45) is 5.92 Å². The predicted molar refractivity (Wildman–Crippen MR) is 61.9 cm³/mol. The average Bonchev–Trinajstić information content (AvgIpc) is 2.75. The lowest BCUT2D eigenvalue weighted by Gasteiger charge is -2.16. The van der Waals surface area contributed by atoms with E-state index in [1.54, 1.807) is 14.2 Å². The Kier molecular flexibility index (Phi) is 3.07. The van der Waals surface area contributed by atoms with Gasteiger partial charge in [-0.05, 0) is 12.3 Å². The third kappa shape index (κ3) is 2.15. The van der Waals surface area contributed by atoms with E-state index in [9.17, 15) is 0 Å². The molecule has 2 rings (SSSR count). The van der Waals surface area contributed by atoms with E-state index < -0.39 is 0 Å². The van der Waals surface area contributed by atoms with E-state index in [0.717, 1.165) is 13.1 Å². The summed E-state index contributed by atoms with van der Waals surface area (Å²) in [6.07, 6.45) is 1.18. The van der Waals surface area contributed by atoms with Crippen LogP contribution in [0.25, 0.3) is 0 Å². The minimum Gasteiger partial charge on any atom is -0.467 e. The number of aromatic nitrogens is 3. The highest BCUT2D eigenvalue weighted by Crippen LogP contribution is 2.22. The Hall–Kier alpha value is -1.59. The van der Waals surface area contributed by atoms with Crippen LogP contribution in [0.5, 0.6) is 6.01 Å². The number of nitrogens with one attached hydrogen (secondary N) is 1. The van der Waals surface area contributed by atoms with Gasteiger partial charge in [-0.1, -0.05) is 6.92 Å². The van der Waals surface area contributed by atoms with E-state index in [4.69, 9.17) is 4.74 Å². The number of hydrogen-bond donors (Lipinski definition) is 1. The molecule has 2 heterocycles. The van der Waals surface area contributed by atoms with E-state index in [2.05, 4.69) is 32.1 Å². The molecule has 1 fully saturated rings. The normalized spacial score (nSPS) is 19.9. The quantitative estimate of drug-likeness (QED) is 0.816. The maximum absolute atomic E-state index is 5.05. The fourth-order valence-electron chi connectivity index (χ4n) is 1.81. The molecule has 0 spiro atoms. The molecule has 88 valence electrons. The molecular weight excluding hydrogens is 206 g/mol. The molecule has 1 N–H and O–H groups in total. The standard InChI is InChI=1S/C10H17N5O/c1-7-4-5-15(6-7)9-12-8(11-2)13-10(14-9)16-3/h7H,4-6H2,1-3H3,(H,11,12,13,14). The van der Waals surface area contributed by atoms with Crippen LogP contribution in [-0.4, -0.2) is 42.2 Å². The molecule has 0 aromatic carbocycles. The molecular formula is C10H17N5O. The zero-order valence-electron chi connectivity index (χ0n) is 9.90. The largest absolute Gasteiger partial charge is 0.467 e. The second-order valence-corrected chi connectivity index (χ2v) is 4.04. The Morgan fingerprint density at radius 1 is 1.38 bits per heavy atom. The smallest absolute Gasteiger partial charge is 0.322 e. The van der Waals surface area contributed by atoms with Crippen molar-refractivity contribution in [1.82, 2.24) is 15.0 Å². The van der Waals surface area contributed by atoms with Gasteiger partial charge >= 0.3 is 6.01 Å². The first-order chi connectivity index (χ1) is 7.72. The molecule has 1 unspecified atom stereocenters. The van der Waals surface area contributed by atoms with Gasteiger partial charge in [-0.2, -0.15) is 15.0 Å². The first kappa shape index (κ1) is 10.9. The van der Waals surface area contributed by atoms with Crippen LogP contribution >= 0.6 is 0 Å². The number of anilines is 2. The van der Waals surface area contributed by atoms with Gasteiger partial charge in [-0.3, -0.25) is 0 Å². The van der Waals surface area contributed by atoms with E-state index >= 15 is 0 Å². The number of nitrogens with zero attached hydrogens (tertiary/aromatic N) is 4. The van der Waals surface area contributed by atoms with Crippen LogP contribution < -0.4 is 15.0 Å². The molecule has 1 saturated heterocycles. The van der Waals surface area contributed by atoms with Crippen LogP contribution in [0.2, 0.25) is 0 Å². The van der Waals surface area contributed by atoms with Crippen LogP contribution in [0.1, 0.15) is 13.3 Å². The molecule has 0 bridgehead atoms. The molecule has 1 aliphatic heterocycles. The summed E-state index contributed by atoms with van der Waals surface area (Å²) in [6.45, 7) is 4.23. The summed E-state index contributed by atoms with van der Waals surface area (Å²) in [5.74, 6) is 1.93. The number of ether oxygens (including phenoxy) is 1. The van der Waals surface area contributed by atoms with E-state index in [1.807, 2.05) is 0 Å². The SMILES string of the molecule is CNc1nc(OC)nc(N2CCC(C)C2)n1. The highest BCUT2D eigenvalue weighted by Gasteiger charge is 2.22. The summed E-state index contributed by atoms with van der Waals surface area (Å²) in [5.41, 5.74) is 0. The molecule has 6 heteroatoms. The van der Waals surface area contributed by atoms with E-state index in [-0.39, 0.29) is 0 Å². The van der Waals surface area contributed by atoms with Gasteiger partial charge in [0.2, 0.25) is 11.9 Å². The van der Waals surface area contributed by atoms with Crippen molar-refractivity contribution < 1.29 is 4.74 Å². The molecule has 0 aliphatic carbocycles. The number of rotatable bonds is 3. The van der Waals surface area contributed by atoms with Gasteiger partial charge in [0, 0.05) is 20.1 Å². The topological polar surface area (TPSA) is 63.2 Å². The molecule has 0 amide bonds. The van der Waals surface area contributed by atoms with Gasteiger partial charge in [-0.25, -0.2) is 0 Å². The lowest BCUT2D eigenvalue weighted by molar-refractivity contribution is 0.379. The zero-order valence-corrected chi connectivity index (χ0v) is 9.90. The first-order valence-corrected chi connectivity index (χ1v) is 5.45. The van der Waals surface area contributed by atoms with Crippen molar-refractivity contribution in [3.05, 3.63) is 0 Å². The second kappa shape index (κ2) is 4.51. The Morgan fingerprint density at radius 2 is 2.19 bits per heavy atom. The minimum absolute atomic E-state index is 0.355. The predicted octanol–water partition coefficient (Wildman–Crippen LogP) is 0.768. The average molecular weight is 223 g/mol. The summed E-state index contributed by atoms with van der Waals surface area (Å²) in [4.78, 5) is 14.8. The zero-order chi connectivity index (χ0) is 11.5. The summed E-state index contributed by atoms with van der Waals surface area (Å²) >= 11 is 0. The lowest BCUT2D eigenvalue weighted by atomic mass is 10.2. The molecule has 6 nitrogen and oxygen atoms in total. The minimum atomic E-state index is 0.355. The summed E-state index contributed by atoms with van der Waals surface area (Å²) < 4.78 is 5.05. The fourth-order valence-corrected chi connectivity index (χ4v) is 1.81. The summed E-state index contributed by atoms with van der Waals surface area (Å²) in [7, 11) is 3.34. The number of methoxy groups -OCH3 is 1.